The number of carbonyl (C=O) groups is 3. The predicted molar refractivity (Wildman–Crippen MR) is 54.2 cm³/mol. The lowest BCUT2D eigenvalue weighted by atomic mass is 10.2. The van der Waals surface area contributed by atoms with Crippen molar-refractivity contribution in [3.05, 3.63) is 0 Å². The van der Waals surface area contributed by atoms with Crippen LogP contribution in [0.4, 0.5) is 4.79 Å². The van der Waals surface area contributed by atoms with Crippen LogP contribution in [-0.4, -0.2) is 28.2 Å². The lowest BCUT2D eigenvalue weighted by Crippen LogP contribution is -2.18. The second-order valence-corrected chi connectivity index (χ2v) is 2.04. The molecule has 2 amide bonds. The van der Waals surface area contributed by atoms with Crippen molar-refractivity contribution in [2.75, 3.05) is 0 Å². The highest BCUT2D eigenvalue weighted by molar-refractivity contribution is 5.70. The van der Waals surface area contributed by atoms with Crippen LogP contribution in [0.2, 0.25) is 0 Å². The van der Waals surface area contributed by atoms with Crippen LogP contribution in [0.15, 0.2) is 0 Å². The van der Waals surface area contributed by atoms with Crippen molar-refractivity contribution in [3.8, 4) is 0 Å². The van der Waals surface area contributed by atoms with E-state index in [1.807, 2.05) is 13.8 Å². The van der Waals surface area contributed by atoms with Crippen molar-refractivity contribution >= 4 is 18.0 Å². The molecule has 0 aromatic heterocycles. The zero-order chi connectivity index (χ0) is 12.9. The van der Waals surface area contributed by atoms with Gasteiger partial charge in [0.05, 0.1) is 0 Å². The number of carbonyl (C=O) groups excluding carboxylic acids is 1. The number of nitrogens with two attached hydrogens (primary N) is 2. The molecule has 0 bridgehead atoms. The molecule has 0 saturated carbocycles. The molecule has 0 aromatic rings. The lowest BCUT2D eigenvalue weighted by molar-refractivity contribution is -0.138. The molecule has 0 aromatic carbocycles. The molecule has 0 spiro atoms. The third-order valence-electron chi connectivity index (χ3n) is 0.781. The first-order valence-electron chi connectivity index (χ1n) is 4.34. The monoisotopic (exact) mass is 222 g/mol. The molecule has 0 atom stereocenters. The standard InChI is InChI=1S/C5H8O4.C2H6.CH4N2O/c6-4(7)2-1-3-5(8)9;1-2;2-1(3)4/h1-3H2,(H,6,7)(H,8,9);1-2H3;(H4,2,3,4). The minimum atomic E-state index is -0.948. The van der Waals surface area contributed by atoms with Crippen LogP contribution in [0.5, 0.6) is 0 Å². The molecule has 0 heterocycles. The van der Waals surface area contributed by atoms with E-state index in [-0.39, 0.29) is 19.3 Å². The van der Waals surface area contributed by atoms with Gasteiger partial charge in [-0.1, -0.05) is 13.8 Å². The van der Waals surface area contributed by atoms with Gasteiger partial charge in [0, 0.05) is 12.8 Å². The molecule has 6 N–H and O–H groups in total. The third kappa shape index (κ3) is 71.8. The van der Waals surface area contributed by atoms with Crippen LogP contribution >= 0.6 is 0 Å². The highest BCUT2D eigenvalue weighted by atomic mass is 16.4. The molecule has 0 aliphatic rings. The van der Waals surface area contributed by atoms with E-state index in [1.54, 1.807) is 0 Å². The lowest BCUT2D eigenvalue weighted by Gasteiger charge is -1.89. The Morgan fingerprint density at radius 3 is 1.27 bits per heavy atom. The Balaban J connectivity index is -0.000000202. The summed E-state index contributed by atoms with van der Waals surface area (Å²) in [6, 6.07) is -0.833. The molecular formula is C8H18N2O5. The summed E-state index contributed by atoms with van der Waals surface area (Å²) in [6.45, 7) is 4.00. The quantitative estimate of drug-likeness (QED) is 0.543. The Hall–Kier alpha value is -1.79. The highest BCUT2D eigenvalue weighted by Gasteiger charge is 1.99. The van der Waals surface area contributed by atoms with E-state index in [0.717, 1.165) is 0 Å². The van der Waals surface area contributed by atoms with Crippen molar-refractivity contribution in [1.82, 2.24) is 0 Å². The zero-order valence-corrected chi connectivity index (χ0v) is 8.90. The second kappa shape index (κ2) is 14.7. The van der Waals surface area contributed by atoms with Crippen molar-refractivity contribution in [2.24, 2.45) is 11.5 Å². The van der Waals surface area contributed by atoms with Crippen LogP contribution in [0.25, 0.3) is 0 Å². The first kappa shape index (κ1) is 18.9. The molecule has 90 valence electrons. The molecule has 7 heteroatoms. The summed E-state index contributed by atoms with van der Waals surface area (Å²) in [5.41, 5.74) is 8.50. The fourth-order valence-corrected chi connectivity index (χ4v) is 0.391. The summed E-state index contributed by atoms with van der Waals surface area (Å²) in [5, 5.41) is 16.1. The molecule has 0 unspecified atom stereocenters. The zero-order valence-electron chi connectivity index (χ0n) is 8.90. The molecule has 0 fully saturated rings. The average molecular weight is 222 g/mol. The van der Waals surface area contributed by atoms with Crippen LogP contribution in [0.1, 0.15) is 33.1 Å². The van der Waals surface area contributed by atoms with E-state index < -0.39 is 18.0 Å². The maximum Gasteiger partial charge on any atom is 0.309 e. The minimum absolute atomic E-state index is 0.0632. The summed E-state index contributed by atoms with van der Waals surface area (Å²) >= 11 is 0. The topological polar surface area (TPSA) is 144 Å². The summed E-state index contributed by atoms with van der Waals surface area (Å²) in [6.07, 6.45) is 0.0866. The Labute approximate surface area is 88.1 Å². The molecule has 7 nitrogen and oxygen atoms in total. The second-order valence-electron chi connectivity index (χ2n) is 2.04. The first-order chi connectivity index (χ1) is 6.86. The number of hydrogen-bond donors (Lipinski definition) is 4. The van der Waals surface area contributed by atoms with Gasteiger partial charge < -0.3 is 21.7 Å². The molecule has 0 rings (SSSR count). The van der Waals surface area contributed by atoms with Gasteiger partial charge in [0.1, 0.15) is 0 Å². The van der Waals surface area contributed by atoms with Crippen LogP contribution in [-0.2, 0) is 9.59 Å². The molecule has 0 saturated heterocycles. The van der Waals surface area contributed by atoms with Gasteiger partial charge in [-0.05, 0) is 6.42 Å². The summed E-state index contributed by atoms with van der Waals surface area (Å²) in [4.78, 5) is 28.6. The van der Waals surface area contributed by atoms with E-state index in [0.29, 0.717) is 0 Å². The maximum absolute atomic E-state index is 9.79. The molecular weight excluding hydrogens is 204 g/mol. The van der Waals surface area contributed by atoms with Crippen LogP contribution in [0, 0.1) is 0 Å². The summed E-state index contributed by atoms with van der Waals surface area (Å²) in [7, 11) is 0. The number of carboxylic acid groups (broad SMARTS) is 2. The number of amides is 2. The molecule has 0 aliphatic heterocycles. The van der Waals surface area contributed by atoms with E-state index in [2.05, 4.69) is 11.5 Å². The third-order valence-corrected chi connectivity index (χ3v) is 0.781. The number of primary amides is 2. The number of aliphatic carboxylic acids is 2. The van der Waals surface area contributed by atoms with Crippen molar-refractivity contribution in [1.29, 1.82) is 0 Å². The summed E-state index contributed by atoms with van der Waals surface area (Å²) < 4.78 is 0. The van der Waals surface area contributed by atoms with Crippen molar-refractivity contribution < 1.29 is 24.6 Å². The average Bonchev–Trinajstić information content (AvgIpc) is 2.05. The Bertz CT molecular complexity index is 175. The highest BCUT2D eigenvalue weighted by Crippen LogP contribution is 1.93. The SMILES string of the molecule is CC.NC(N)=O.O=C(O)CCCC(=O)O. The van der Waals surface area contributed by atoms with Gasteiger partial charge in [-0.2, -0.15) is 0 Å². The number of carboxylic acids is 2. The van der Waals surface area contributed by atoms with Gasteiger partial charge in [0.2, 0.25) is 0 Å². The number of hydrogen-bond acceptors (Lipinski definition) is 3. The van der Waals surface area contributed by atoms with Gasteiger partial charge in [0.15, 0.2) is 0 Å². The largest absolute Gasteiger partial charge is 0.481 e. The van der Waals surface area contributed by atoms with E-state index in [4.69, 9.17) is 15.0 Å². The fraction of sp³-hybridized carbons (Fsp3) is 0.625. The van der Waals surface area contributed by atoms with Gasteiger partial charge in [0.25, 0.3) is 0 Å². The number of urea groups is 1. The molecule has 0 radical (unpaired) electrons. The molecule has 0 aliphatic carbocycles. The Morgan fingerprint density at radius 1 is 0.933 bits per heavy atom. The summed E-state index contributed by atoms with van der Waals surface area (Å²) in [5.74, 6) is -1.90. The van der Waals surface area contributed by atoms with Gasteiger partial charge in [-0.25, -0.2) is 4.79 Å². The van der Waals surface area contributed by atoms with E-state index >= 15 is 0 Å². The maximum atomic E-state index is 9.79. The van der Waals surface area contributed by atoms with E-state index in [1.165, 1.54) is 0 Å². The molecule has 15 heavy (non-hydrogen) atoms. The minimum Gasteiger partial charge on any atom is -0.481 e. The van der Waals surface area contributed by atoms with Crippen molar-refractivity contribution in [2.45, 2.75) is 33.1 Å². The first-order valence-corrected chi connectivity index (χ1v) is 4.34. The van der Waals surface area contributed by atoms with Gasteiger partial charge >= 0.3 is 18.0 Å². The smallest absolute Gasteiger partial charge is 0.309 e. The van der Waals surface area contributed by atoms with Gasteiger partial charge in [-0.3, -0.25) is 9.59 Å². The van der Waals surface area contributed by atoms with E-state index in [9.17, 15) is 9.59 Å². The Morgan fingerprint density at radius 2 is 1.13 bits per heavy atom. The number of rotatable bonds is 4. The Kier molecular flexibility index (Phi) is 18.5. The van der Waals surface area contributed by atoms with Crippen LogP contribution < -0.4 is 11.5 Å². The van der Waals surface area contributed by atoms with Crippen LogP contribution in [0.3, 0.4) is 0 Å². The van der Waals surface area contributed by atoms with Crippen molar-refractivity contribution in [3.63, 3.8) is 0 Å². The normalized spacial score (nSPS) is 7.33. The van der Waals surface area contributed by atoms with Gasteiger partial charge in [-0.15, -0.1) is 0 Å². The fourth-order valence-electron chi connectivity index (χ4n) is 0.391. The predicted octanol–water partition coefficient (Wildman–Crippen LogP) is 0.376.